The van der Waals surface area contributed by atoms with Crippen molar-refractivity contribution in [3.05, 3.63) is 40.0 Å². The molecular weight excluding hydrogens is 253 g/mol. The lowest BCUT2D eigenvalue weighted by atomic mass is 10.1. The van der Waals surface area contributed by atoms with E-state index in [1.165, 1.54) is 23.5 Å². The zero-order chi connectivity index (χ0) is 13.1. The smallest absolute Gasteiger partial charge is 0.308 e. The number of carboxylic acids is 1. The van der Waals surface area contributed by atoms with Crippen LogP contribution in [0.15, 0.2) is 24.3 Å². The Balaban J connectivity index is 2.44. The number of nitrogens with zero attached hydrogens (tertiary/aromatic N) is 1. The van der Waals surface area contributed by atoms with Crippen LogP contribution in [0.25, 0.3) is 11.3 Å². The maximum Gasteiger partial charge on any atom is 0.308 e. The molecule has 0 amide bonds. The summed E-state index contributed by atoms with van der Waals surface area (Å²) in [6, 6.07) is 5.94. The molecule has 0 saturated heterocycles. The van der Waals surface area contributed by atoms with Crippen molar-refractivity contribution in [3.8, 4) is 11.3 Å². The predicted molar refractivity (Wildman–Crippen MR) is 68.2 cm³/mol. The van der Waals surface area contributed by atoms with E-state index in [9.17, 15) is 9.18 Å². The first-order valence-electron chi connectivity index (χ1n) is 5.56. The van der Waals surface area contributed by atoms with E-state index in [-0.39, 0.29) is 12.2 Å². The maximum atomic E-state index is 12.9. The molecule has 0 fully saturated rings. The fourth-order valence-electron chi connectivity index (χ4n) is 1.64. The molecule has 0 spiro atoms. The standard InChI is InChI=1S/C13H12FNO2S/c1-2-11-15-13(10(18-11)7-12(16)17)8-3-5-9(14)6-4-8/h3-6H,2,7H2,1H3,(H,16,17). The van der Waals surface area contributed by atoms with Gasteiger partial charge in [0.2, 0.25) is 0 Å². The number of carbonyl (C=O) groups is 1. The number of thiazole rings is 1. The Kier molecular flexibility index (Phi) is 3.72. The van der Waals surface area contributed by atoms with Gasteiger partial charge in [-0.05, 0) is 30.7 Å². The van der Waals surface area contributed by atoms with Gasteiger partial charge in [-0.15, -0.1) is 11.3 Å². The minimum atomic E-state index is -0.885. The molecule has 18 heavy (non-hydrogen) atoms. The molecule has 0 bridgehead atoms. The van der Waals surface area contributed by atoms with Crippen LogP contribution in [-0.4, -0.2) is 16.1 Å². The first-order valence-corrected chi connectivity index (χ1v) is 6.38. The number of carboxylic acid groups (broad SMARTS) is 1. The Bertz CT molecular complexity index is 563. The molecule has 1 N–H and O–H groups in total. The SMILES string of the molecule is CCc1nc(-c2ccc(F)cc2)c(CC(=O)O)s1. The maximum absolute atomic E-state index is 12.9. The first kappa shape index (κ1) is 12.7. The molecule has 0 aliphatic carbocycles. The zero-order valence-corrected chi connectivity index (χ0v) is 10.6. The van der Waals surface area contributed by atoms with Gasteiger partial charge in [-0.25, -0.2) is 9.37 Å². The van der Waals surface area contributed by atoms with Gasteiger partial charge in [0.15, 0.2) is 0 Å². The lowest BCUT2D eigenvalue weighted by Crippen LogP contribution is -1.99. The monoisotopic (exact) mass is 265 g/mol. The molecule has 0 unspecified atom stereocenters. The molecule has 1 heterocycles. The third kappa shape index (κ3) is 2.73. The molecule has 2 rings (SSSR count). The van der Waals surface area contributed by atoms with Crippen molar-refractivity contribution < 1.29 is 14.3 Å². The van der Waals surface area contributed by atoms with Gasteiger partial charge in [0, 0.05) is 10.4 Å². The molecular formula is C13H12FNO2S. The van der Waals surface area contributed by atoms with Crippen LogP contribution >= 0.6 is 11.3 Å². The summed E-state index contributed by atoms with van der Waals surface area (Å²) >= 11 is 1.40. The van der Waals surface area contributed by atoms with Crippen molar-refractivity contribution in [3.63, 3.8) is 0 Å². The van der Waals surface area contributed by atoms with Crippen LogP contribution in [0.3, 0.4) is 0 Å². The Morgan fingerprint density at radius 2 is 2.06 bits per heavy atom. The second kappa shape index (κ2) is 5.27. The van der Waals surface area contributed by atoms with Crippen LogP contribution in [-0.2, 0) is 17.6 Å². The Morgan fingerprint density at radius 1 is 1.39 bits per heavy atom. The summed E-state index contributed by atoms with van der Waals surface area (Å²) in [5.41, 5.74) is 1.41. The van der Waals surface area contributed by atoms with E-state index in [0.29, 0.717) is 10.6 Å². The summed E-state index contributed by atoms with van der Waals surface area (Å²) in [6.45, 7) is 1.97. The second-order valence-corrected chi connectivity index (χ2v) is 4.98. The van der Waals surface area contributed by atoms with Crippen LogP contribution in [0.4, 0.5) is 4.39 Å². The second-order valence-electron chi connectivity index (χ2n) is 3.81. The van der Waals surface area contributed by atoms with Gasteiger partial charge >= 0.3 is 5.97 Å². The summed E-state index contributed by atoms with van der Waals surface area (Å²) in [4.78, 5) is 16.0. The highest BCUT2D eigenvalue weighted by molar-refractivity contribution is 7.12. The molecule has 0 saturated carbocycles. The third-order valence-corrected chi connectivity index (χ3v) is 3.67. The van der Waals surface area contributed by atoms with E-state index in [4.69, 9.17) is 5.11 Å². The van der Waals surface area contributed by atoms with Gasteiger partial charge in [-0.2, -0.15) is 0 Å². The Labute approximate surface area is 108 Å². The van der Waals surface area contributed by atoms with Crippen molar-refractivity contribution in [1.29, 1.82) is 0 Å². The molecule has 0 atom stereocenters. The van der Waals surface area contributed by atoms with E-state index in [0.717, 1.165) is 17.0 Å². The highest BCUT2D eigenvalue weighted by atomic mass is 32.1. The van der Waals surface area contributed by atoms with E-state index in [2.05, 4.69) is 4.98 Å². The predicted octanol–water partition coefficient (Wildman–Crippen LogP) is 3.14. The first-order chi connectivity index (χ1) is 8.60. The van der Waals surface area contributed by atoms with Crippen molar-refractivity contribution in [2.75, 3.05) is 0 Å². The Hall–Kier alpha value is -1.75. The van der Waals surface area contributed by atoms with E-state index in [1.807, 2.05) is 6.92 Å². The van der Waals surface area contributed by atoms with Gasteiger partial charge < -0.3 is 5.11 Å². The molecule has 0 aliphatic heterocycles. The van der Waals surface area contributed by atoms with Gasteiger partial charge in [0.05, 0.1) is 17.1 Å². The van der Waals surface area contributed by atoms with Crippen LogP contribution in [0.1, 0.15) is 16.8 Å². The molecule has 5 heteroatoms. The highest BCUT2D eigenvalue weighted by Gasteiger charge is 2.15. The minimum Gasteiger partial charge on any atom is -0.481 e. The summed E-state index contributed by atoms with van der Waals surface area (Å²) in [5.74, 6) is -1.20. The van der Waals surface area contributed by atoms with Crippen LogP contribution in [0.2, 0.25) is 0 Å². The average Bonchev–Trinajstić information content (AvgIpc) is 2.72. The number of hydrogen-bond donors (Lipinski definition) is 1. The number of aromatic nitrogens is 1. The van der Waals surface area contributed by atoms with E-state index in [1.54, 1.807) is 12.1 Å². The number of aryl methyl sites for hydroxylation is 1. The molecule has 1 aromatic heterocycles. The van der Waals surface area contributed by atoms with Crippen LogP contribution in [0.5, 0.6) is 0 Å². The molecule has 3 nitrogen and oxygen atoms in total. The molecule has 2 aromatic rings. The third-order valence-electron chi connectivity index (χ3n) is 2.47. The normalized spacial score (nSPS) is 10.6. The lowest BCUT2D eigenvalue weighted by Gasteiger charge is -2.00. The van der Waals surface area contributed by atoms with E-state index < -0.39 is 5.97 Å². The molecule has 0 radical (unpaired) electrons. The van der Waals surface area contributed by atoms with Gasteiger partial charge in [-0.3, -0.25) is 4.79 Å². The van der Waals surface area contributed by atoms with Gasteiger partial charge in [0.25, 0.3) is 0 Å². The number of rotatable bonds is 4. The lowest BCUT2D eigenvalue weighted by molar-refractivity contribution is -0.136. The van der Waals surface area contributed by atoms with Gasteiger partial charge in [-0.1, -0.05) is 6.92 Å². The van der Waals surface area contributed by atoms with Crippen LogP contribution < -0.4 is 0 Å². The summed E-state index contributed by atoms with van der Waals surface area (Å²) in [5, 5.41) is 9.78. The molecule has 0 aliphatic rings. The topological polar surface area (TPSA) is 50.2 Å². The largest absolute Gasteiger partial charge is 0.481 e. The number of aliphatic carboxylic acids is 1. The Morgan fingerprint density at radius 3 is 2.61 bits per heavy atom. The minimum absolute atomic E-state index is 0.0512. The fourth-order valence-corrected chi connectivity index (χ4v) is 2.66. The summed E-state index contributed by atoms with van der Waals surface area (Å²) < 4.78 is 12.9. The van der Waals surface area contributed by atoms with E-state index >= 15 is 0 Å². The summed E-state index contributed by atoms with van der Waals surface area (Å²) in [6.07, 6.45) is 0.711. The molecule has 94 valence electrons. The number of benzene rings is 1. The zero-order valence-electron chi connectivity index (χ0n) is 9.81. The van der Waals surface area contributed by atoms with Gasteiger partial charge in [0.1, 0.15) is 5.82 Å². The summed E-state index contributed by atoms with van der Waals surface area (Å²) in [7, 11) is 0. The van der Waals surface area contributed by atoms with Crippen molar-refractivity contribution in [2.45, 2.75) is 19.8 Å². The number of halogens is 1. The van der Waals surface area contributed by atoms with Crippen molar-refractivity contribution in [2.24, 2.45) is 0 Å². The van der Waals surface area contributed by atoms with Crippen LogP contribution in [0, 0.1) is 5.82 Å². The number of hydrogen-bond acceptors (Lipinski definition) is 3. The fraction of sp³-hybridized carbons (Fsp3) is 0.231. The molecule has 1 aromatic carbocycles. The average molecular weight is 265 g/mol. The quantitative estimate of drug-likeness (QED) is 0.924. The van der Waals surface area contributed by atoms with Crippen molar-refractivity contribution >= 4 is 17.3 Å². The highest BCUT2D eigenvalue weighted by Crippen LogP contribution is 2.29. The van der Waals surface area contributed by atoms with Crippen molar-refractivity contribution in [1.82, 2.24) is 4.98 Å².